The Labute approximate surface area is 173 Å². The molecule has 0 aliphatic heterocycles. The number of hydrogen-bond donors (Lipinski definition) is 1. The standard InChI is InChI=1S/C21H17FO7S/c1-12(23)28-16-6-4-3-5-14(16)20(25)27-9-10-30(2)19-18(24)15-11-13(22)7-8-17(15)29-21(19)26/h3-8,11H,9-10H2,1-2H3/p+1. The van der Waals surface area contributed by atoms with Crippen molar-refractivity contribution in [3.05, 3.63) is 64.3 Å². The zero-order chi connectivity index (χ0) is 21.8. The number of carbonyl (C=O) groups excluding carboxylic acids is 2. The molecule has 7 nitrogen and oxygen atoms in total. The lowest BCUT2D eigenvalue weighted by Crippen LogP contribution is -2.21. The molecule has 3 rings (SSSR count). The minimum absolute atomic E-state index is 0.00413. The first-order valence-corrected chi connectivity index (χ1v) is 10.6. The normalized spacial score (nSPS) is 11.8. The lowest BCUT2D eigenvalue weighted by molar-refractivity contribution is -0.131. The van der Waals surface area contributed by atoms with Crippen molar-refractivity contribution in [1.29, 1.82) is 0 Å². The minimum atomic E-state index is -0.848. The van der Waals surface area contributed by atoms with Gasteiger partial charge in [0.05, 0.1) is 5.39 Å². The van der Waals surface area contributed by atoms with E-state index >= 15 is 0 Å². The Morgan fingerprint density at radius 1 is 1.20 bits per heavy atom. The molecule has 30 heavy (non-hydrogen) atoms. The van der Waals surface area contributed by atoms with Crippen molar-refractivity contribution in [2.24, 2.45) is 0 Å². The fourth-order valence-electron chi connectivity index (χ4n) is 2.77. The van der Waals surface area contributed by atoms with E-state index < -0.39 is 34.3 Å². The smallest absolute Gasteiger partial charge is 0.396 e. The molecular weight excluding hydrogens is 415 g/mol. The van der Waals surface area contributed by atoms with Crippen molar-refractivity contribution in [2.45, 2.75) is 11.8 Å². The fourth-order valence-corrected chi connectivity index (χ4v) is 4.07. The third kappa shape index (κ3) is 4.62. The summed E-state index contributed by atoms with van der Waals surface area (Å²) >= 11 is 0. The van der Waals surface area contributed by atoms with Crippen molar-refractivity contribution < 1.29 is 33.0 Å². The van der Waals surface area contributed by atoms with Gasteiger partial charge >= 0.3 is 17.6 Å². The first-order valence-electron chi connectivity index (χ1n) is 8.80. The van der Waals surface area contributed by atoms with E-state index in [1.165, 1.54) is 25.1 Å². The van der Waals surface area contributed by atoms with Crippen LogP contribution in [-0.4, -0.2) is 35.7 Å². The highest BCUT2D eigenvalue weighted by molar-refractivity contribution is 7.96. The second-order valence-corrected chi connectivity index (χ2v) is 8.37. The second kappa shape index (κ2) is 9.00. The lowest BCUT2D eigenvalue weighted by Gasteiger charge is -2.09. The van der Waals surface area contributed by atoms with Gasteiger partial charge in [-0.1, -0.05) is 12.1 Å². The van der Waals surface area contributed by atoms with Crippen LogP contribution in [0.4, 0.5) is 4.39 Å². The number of esters is 2. The number of benzene rings is 2. The Morgan fingerprint density at radius 3 is 2.67 bits per heavy atom. The molecule has 0 aliphatic carbocycles. The van der Waals surface area contributed by atoms with Gasteiger partial charge in [0.2, 0.25) is 0 Å². The van der Waals surface area contributed by atoms with Crippen LogP contribution in [0.25, 0.3) is 11.0 Å². The van der Waals surface area contributed by atoms with Crippen LogP contribution < -0.4 is 10.4 Å². The third-order valence-corrected chi connectivity index (χ3v) is 5.97. The van der Waals surface area contributed by atoms with Crippen LogP contribution in [0.15, 0.2) is 56.6 Å². The molecule has 9 heteroatoms. The molecule has 1 aromatic heterocycles. The van der Waals surface area contributed by atoms with Crippen LogP contribution >= 0.6 is 0 Å². The maximum absolute atomic E-state index is 13.5. The summed E-state index contributed by atoms with van der Waals surface area (Å²) in [5.74, 6) is -1.88. The largest absolute Gasteiger partial charge is 0.503 e. The van der Waals surface area contributed by atoms with Gasteiger partial charge in [-0.3, -0.25) is 4.79 Å². The molecule has 0 fully saturated rings. The Bertz CT molecular complexity index is 1170. The molecular formula is C21H18FO7S+. The molecule has 0 saturated heterocycles. The summed E-state index contributed by atoms with van der Waals surface area (Å²) in [5, 5.41) is 10.5. The number of aromatic hydroxyl groups is 1. The van der Waals surface area contributed by atoms with Crippen LogP contribution in [-0.2, 0) is 20.4 Å². The molecule has 1 unspecified atom stereocenters. The van der Waals surface area contributed by atoms with Crippen molar-refractivity contribution in [3.8, 4) is 11.5 Å². The number of rotatable bonds is 6. The third-order valence-electron chi connectivity index (χ3n) is 4.13. The highest BCUT2D eigenvalue weighted by Gasteiger charge is 2.29. The Morgan fingerprint density at radius 2 is 1.93 bits per heavy atom. The highest BCUT2D eigenvalue weighted by Crippen LogP contribution is 2.30. The van der Waals surface area contributed by atoms with Crippen molar-refractivity contribution >= 4 is 33.8 Å². The van der Waals surface area contributed by atoms with E-state index in [4.69, 9.17) is 13.9 Å². The SMILES string of the molecule is CC(=O)Oc1ccccc1C(=O)OCC[S+](C)c1c(O)c2cc(F)ccc2oc1=O. The van der Waals surface area contributed by atoms with E-state index in [1.54, 1.807) is 18.4 Å². The number of hydrogen-bond acceptors (Lipinski definition) is 7. The van der Waals surface area contributed by atoms with Crippen molar-refractivity contribution in [3.63, 3.8) is 0 Å². The number of ether oxygens (including phenoxy) is 2. The summed E-state index contributed by atoms with van der Waals surface area (Å²) in [6, 6.07) is 9.63. The van der Waals surface area contributed by atoms with Gasteiger partial charge in [-0.05, 0) is 30.3 Å². The first-order chi connectivity index (χ1) is 14.3. The van der Waals surface area contributed by atoms with E-state index in [0.717, 1.165) is 12.1 Å². The Kier molecular flexibility index (Phi) is 6.41. The van der Waals surface area contributed by atoms with Gasteiger partial charge in [-0.2, -0.15) is 0 Å². The molecule has 0 amide bonds. The molecule has 0 bridgehead atoms. The molecule has 2 aromatic carbocycles. The Hall–Kier alpha value is -3.33. The van der Waals surface area contributed by atoms with Crippen molar-refractivity contribution in [1.82, 2.24) is 0 Å². The lowest BCUT2D eigenvalue weighted by atomic mass is 10.2. The topological polar surface area (TPSA) is 103 Å². The Balaban J connectivity index is 1.72. The molecule has 0 aliphatic rings. The highest BCUT2D eigenvalue weighted by atomic mass is 32.2. The molecule has 0 radical (unpaired) electrons. The molecule has 1 atom stereocenters. The average molecular weight is 433 g/mol. The zero-order valence-corrected chi connectivity index (χ0v) is 17.0. The van der Waals surface area contributed by atoms with Gasteiger partial charge in [0.15, 0.2) is 5.75 Å². The number of fused-ring (bicyclic) bond motifs is 1. The monoisotopic (exact) mass is 433 g/mol. The predicted octanol–water partition coefficient (Wildman–Crippen LogP) is 3.03. The molecule has 0 saturated carbocycles. The second-order valence-electron chi connectivity index (χ2n) is 6.27. The van der Waals surface area contributed by atoms with Crippen LogP contribution in [0, 0.1) is 5.82 Å². The summed E-state index contributed by atoms with van der Waals surface area (Å²) in [6.07, 6.45) is 1.68. The summed E-state index contributed by atoms with van der Waals surface area (Å²) < 4.78 is 28.9. The fraction of sp³-hybridized carbons (Fsp3) is 0.190. The van der Waals surface area contributed by atoms with E-state index in [2.05, 4.69) is 0 Å². The van der Waals surface area contributed by atoms with E-state index in [-0.39, 0.29) is 45.3 Å². The van der Waals surface area contributed by atoms with E-state index in [0.29, 0.717) is 0 Å². The number of halogens is 1. The minimum Gasteiger partial charge on any atom is -0.503 e. The van der Waals surface area contributed by atoms with Crippen LogP contribution in [0.2, 0.25) is 0 Å². The summed E-state index contributed by atoms with van der Waals surface area (Å²) in [6.45, 7) is 1.16. The molecule has 3 aromatic rings. The molecule has 156 valence electrons. The van der Waals surface area contributed by atoms with Crippen LogP contribution in [0.1, 0.15) is 17.3 Å². The molecule has 0 spiro atoms. The number of carbonyl (C=O) groups is 2. The van der Waals surface area contributed by atoms with Gasteiger partial charge in [0.1, 0.15) is 41.3 Å². The molecule has 1 heterocycles. The van der Waals surface area contributed by atoms with Crippen LogP contribution in [0.3, 0.4) is 0 Å². The van der Waals surface area contributed by atoms with Crippen molar-refractivity contribution in [2.75, 3.05) is 18.6 Å². The van der Waals surface area contributed by atoms with E-state index in [9.17, 15) is 23.9 Å². The molecule has 1 N–H and O–H groups in total. The maximum Gasteiger partial charge on any atom is 0.396 e. The van der Waals surface area contributed by atoms with Gasteiger partial charge < -0.3 is 19.0 Å². The van der Waals surface area contributed by atoms with E-state index in [1.807, 2.05) is 0 Å². The summed E-state index contributed by atoms with van der Waals surface area (Å²) in [4.78, 5) is 35.8. The van der Waals surface area contributed by atoms with Crippen LogP contribution in [0.5, 0.6) is 11.5 Å². The summed E-state index contributed by atoms with van der Waals surface area (Å²) in [7, 11) is -0.848. The van der Waals surface area contributed by atoms with Gasteiger partial charge in [-0.15, -0.1) is 0 Å². The predicted molar refractivity (Wildman–Crippen MR) is 109 cm³/mol. The van der Waals surface area contributed by atoms with Gasteiger partial charge in [0.25, 0.3) is 4.90 Å². The maximum atomic E-state index is 13.5. The van der Waals surface area contributed by atoms with Gasteiger partial charge in [0, 0.05) is 17.8 Å². The number of para-hydroxylation sites is 1. The van der Waals surface area contributed by atoms with Gasteiger partial charge in [-0.25, -0.2) is 14.0 Å². The average Bonchev–Trinajstić information content (AvgIpc) is 2.68. The zero-order valence-electron chi connectivity index (χ0n) is 16.1. The summed E-state index contributed by atoms with van der Waals surface area (Å²) in [5.41, 5.74) is -0.565. The quantitative estimate of drug-likeness (QED) is 0.276. The first kappa shape index (κ1) is 21.4.